The van der Waals surface area contributed by atoms with Crippen molar-refractivity contribution in [3.05, 3.63) is 94.5 Å². The highest BCUT2D eigenvalue weighted by molar-refractivity contribution is 5.66. The first kappa shape index (κ1) is 16.1. The second kappa shape index (κ2) is 6.04. The molecule has 2 nitrogen and oxygen atoms in total. The Kier molecular flexibility index (Phi) is 4.06. The van der Waals surface area contributed by atoms with E-state index in [-0.39, 0.29) is 0 Å². The predicted octanol–water partition coefficient (Wildman–Crippen LogP) is 4.82. The van der Waals surface area contributed by atoms with E-state index in [1.54, 1.807) is 0 Å². The van der Waals surface area contributed by atoms with Crippen molar-refractivity contribution in [3.63, 3.8) is 0 Å². The zero-order valence-corrected chi connectivity index (χ0v) is 14.5. The number of aryl methyl sites for hydroxylation is 2. The van der Waals surface area contributed by atoms with Crippen molar-refractivity contribution >= 4 is 11.4 Å². The van der Waals surface area contributed by atoms with Gasteiger partial charge in [-0.3, -0.25) is 0 Å². The molecular weight excluding hydrogens is 292 g/mol. The summed E-state index contributed by atoms with van der Waals surface area (Å²) in [5, 5.41) is 0. The number of hydrogen-bond acceptors (Lipinski definition) is 2. The largest absolute Gasteiger partial charge is 0.398 e. The fourth-order valence-corrected chi connectivity index (χ4v) is 3.43. The Hall–Kier alpha value is -2.74. The van der Waals surface area contributed by atoms with E-state index in [1.165, 1.54) is 16.7 Å². The molecule has 0 aliphatic rings. The van der Waals surface area contributed by atoms with Gasteiger partial charge in [0.05, 0.1) is 0 Å². The molecule has 0 saturated carbocycles. The Labute approximate surface area is 144 Å². The average molecular weight is 316 g/mol. The topological polar surface area (TPSA) is 52.0 Å². The van der Waals surface area contributed by atoms with Crippen molar-refractivity contribution in [2.45, 2.75) is 26.2 Å². The maximum atomic E-state index is 6.40. The number of anilines is 2. The van der Waals surface area contributed by atoms with Crippen LogP contribution in [0.1, 0.15) is 34.7 Å². The standard InChI is InChI=1S/C22H24N2/c1-15-9-11-20(23)18(13-15)22(3,17-7-5-4-6-8-17)19-14-16(2)10-12-21(19)24/h4-14H,23-24H2,1-3H3. The Bertz CT molecular complexity index is 815. The van der Waals surface area contributed by atoms with Crippen LogP contribution < -0.4 is 11.5 Å². The lowest BCUT2D eigenvalue weighted by molar-refractivity contribution is 0.696. The van der Waals surface area contributed by atoms with Crippen molar-refractivity contribution in [1.29, 1.82) is 0 Å². The second-order valence-electron chi connectivity index (χ2n) is 6.67. The van der Waals surface area contributed by atoms with Gasteiger partial charge in [0.25, 0.3) is 0 Å². The first-order valence-electron chi connectivity index (χ1n) is 8.21. The second-order valence-corrected chi connectivity index (χ2v) is 6.67. The highest BCUT2D eigenvalue weighted by Crippen LogP contribution is 2.44. The molecule has 2 heteroatoms. The maximum Gasteiger partial charge on any atom is 0.0464 e. The lowest BCUT2D eigenvalue weighted by Crippen LogP contribution is -2.28. The molecule has 0 heterocycles. The molecule has 122 valence electrons. The van der Waals surface area contributed by atoms with Crippen LogP contribution in [0.2, 0.25) is 0 Å². The molecule has 0 radical (unpaired) electrons. The van der Waals surface area contributed by atoms with Crippen molar-refractivity contribution in [2.75, 3.05) is 11.5 Å². The summed E-state index contributed by atoms with van der Waals surface area (Å²) in [6.07, 6.45) is 0. The fourth-order valence-electron chi connectivity index (χ4n) is 3.43. The van der Waals surface area contributed by atoms with E-state index >= 15 is 0 Å². The molecule has 0 atom stereocenters. The van der Waals surface area contributed by atoms with Gasteiger partial charge in [-0.25, -0.2) is 0 Å². The molecule has 4 N–H and O–H groups in total. The normalized spacial score (nSPS) is 11.5. The zero-order valence-electron chi connectivity index (χ0n) is 14.5. The van der Waals surface area contributed by atoms with E-state index in [9.17, 15) is 0 Å². The SMILES string of the molecule is Cc1ccc(N)c(C(C)(c2ccccc2)c2cc(C)ccc2N)c1. The number of rotatable bonds is 3. The maximum absolute atomic E-state index is 6.40. The van der Waals surface area contributed by atoms with Gasteiger partial charge in [-0.15, -0.1) is 0 Å². The van der Waals surface area contributed by atoms with Gasteiger partial charge in [-0.1, -0.05) is 65.7 Å². The van der Waals surface area contributed by atoms with E-state index in [1.807, 2.05) is 30.3 Å². The molecule has 3 aromatic carbocycles. The van der Waals surface area contributed by atoms with Crippen LogP contribution in [0.5, 0.6) is 0 Å². The molecule has 0 fully saturated rings. The first-order valence-corrected chi connectivity index (χ1v) is 8.21. The minimum atomic E-state index is -0.409. The average Bonchev–Trinajstić information content (AvgIpc) is 2.59. The van der Waals surface area contributed by atoms with Gasteiger partial charge < -0.3 is 11.5 Å². The van der Waals surface area contributed by atoms with Crippen LogP contribution in [-0.2, 0) is 5.41 Å². The molecule has 0 aliphatic carbocycles. The summed E-state index contributed by atoms with van der Waals surface area (Å²) in [4.78, 5) is 0. The van der Waals surface area contributed by atoms with E-state index in [0.29, 0.717) is 0 Å². The quantitative estimate of drug-likeness (QED) is 0.537. The summed E-state index contributed by atoms with van der Waals surface area (Å²) < 4.78 is 0. The summed E-state index contributed by atoms with van der Waals surface area (Å²) in [5.74, 6) is 0. The van der Waals surface area contributed by atoms with Gasteiger partial charge in [0.1, 0.15) is 0 Å². The minimum absolute atomic E-state index is 0.409. The molecule has 0 unspecified atom stereocenters. The lowest BCUT2D eigenvalue weighted by Gasteiger charge is -2.34. The molecule has 24 heavy (non-hydrogen) atoms. The van der Waals surface area contributed by atoms with Gasteiger partial charge >= 0.3 is 0 Å². The molecule has 0 saturated heterocycles. The Morgan fingerprint density at radius 3 is 1.58 bits per heavy atom. The number of nitrogen functional groups attached to an aromatic ring is 2. The summed E-state index contributed by atoms with van der Waals surface area (Å²) in [5.41, 5.74) is 19.7. The molecule has 0 spiro atoms. The molecular formula is C22H24N2. The van der Waals surface area contributed by atoms with Gasteiger partial charge in [0.15, 0.2) is 0 Å². The highest BCUT2D eigenvalue weighted by atomic mass is 14.6. The van der Waals surface area contributed by atoms with E-state index in [4.69, 9.17) is 11.5 Å². The highest BCUT2D eigenvalue weighted by Gasteiger charge is 2.34. The molecule has 0 bridgehead atoms. The van der Waals surface area contributed by atoms with Crippen molar-refractivity contribution in [2.24, 2.45) is 0 Å². The summed E-state index contributed by atoms with van der Waals surface area (Å²) >= 11 is 0. The van der Waals surface area contributed by atoms with Gasteiger partial charge in [-0.2, -0.15) is 0 Å². The van der Waals surface area contributed by atoms with Crippen molar-refractivity contribution in [1.82, 2.24) is 0 Å². The minimum Gasteiger partial charge on any atom is -0.398 e. The van der Waals surface area contributed by atoms with Crippen LogP contribution in [0.15, 0.2) is 66.7 Å². The third-order valence-electron chi connectivity index (χ3n) is 4.85. The first-order chi connectivity index (χ1) is 11.4. The van der Waals surface area contributed by atoms with Crippen LogP contribution in [0.4, 0.5) is 11.4 Å². The van der Waals surface area contributed by atoms with Crippen LogP contribution in [0.25, 0.3) is 0 Å². The van der Waals surface area contributed by atoms with Crippen LogP contribution in [0.3, 0.4) is 0 Å². The van der Waals surface area contributed by atoms with Gasteiger partial charge in [0.2, 0.25) is 0 Å². The van der Waals surface area contributed by atoms with E-state index in [0.717, 1.165) is 22.5 Å². The van der Waals surface area contributed by atoms with Gasteiger partial charge in [0, 0.05) is 16.8 Å². The Morgan fingerprint density at radius 2 is 1.12 bits per heavy atom. The number of nitrogens with two attached hydrogens (primary N) is 2. The van der Waals surface area contributed by atoms with Gasteiger partial charge in [-0.05, 0) is 49.6 Å². The van der Waals surface area contributed by atoms with E-state index < -0.39 is 5.41 Å². The Balaban J connectivity index is 2.38. The van der Waals surface area contributed by atoms with Crippen LogP contribution in [0, 0.1) is 13.8 Å². The van der Waals surface area contributed by atoms with Crippen molar-refractivity contribution < 1.29 is 0 Å². The molecule has 0 aliphatic heterocycles. The molecule has 0 aromatic heterocycles. The summed E-state index contributed by atoms with van der Waals surface area (Å²) in [6, 6.07) is 22.8. The molecule has 0 amide bonds. The molecule has 3 rings (SSSR count). The van der Waals surface area contributed by atoms with Crippen LogP contribution >= 0.6 is 0 Å². The van der Waals surface area contributed by atoms with E-state index in [2.05, 4.69) is 57.2 Å². The zero-order chi connectivity index (χ0) is 17.3. The third kappa shape index (κ3) is 2.65. The van der Waals surface area contributed by atoms with Crippen molar-refractivity contribution in [3.8, 4) is 0 Å². The monoisotopic (exact) mass is 316 g/mol. The third-order valence-corrected chi connectivity index (χ3v) is 4.85. The summed E-state index contributed by atoms with van der Waals surface area (Å²) in [7, 11) is 0. The lowest BCUT2D eigenvalue weighted by atomic mass is 9.69. The predicted molar refractivity (Wildman–Crippen MR) is 103 cm³/mol. The Morgan fingerprint density at radius 1 is 0.667 bits per heavy atom. The van der Waals surface area contributed by atoms with Crippen LogP contribution in [-0.4, -0.2) is 0 Å². The number of benzene rings is 3. The fraction of sp³-hybridized carbons (Fsp3) is 0.182. The summed E-state index contributed by atoms with van der Waals surface area (Å²) in [6.45, 7) is 6.39. The number of hydrogen-bond donors (Lipinski definition) is 2. The molecule has 3 aromatic rings. The smallest absolute Gasteiger partial charge is 0.0464 e.